The first-order valence-electron chi connectivity index (χ1n) is 8.14. The quantitative estimate of drug-likeness (QED) is 0.907. The van der Waals surface area contributed by atoms with Crippen LogP contribution >= 0.6 is 0 Å². The Morgan fingerprint density at radius 2 is 1.85 bits per heavy atom. The normalized spacial score (nSPS) is 17.4. The summed E-state index contributed by atoms with van der Waals surface area (Å²) < 4.78 is 38.6. The van der Waals surface area contributed by atoms with Gasteiger partial charge in [-0.25, -0.2) is 0 Å². The van der Waals surface area contributed by atoms with Crippen molar-refractivity contribution in [1.82, 2.24) is 5.32 Å². The maximum atomic E-state index is 12.9. The molecule has 1 aliphatic heterocycles. The highest BCUT2D eigenvalue weighted by atomic mass is 19.4. The summed E-state index contributed by atoms with van der Waals surface area (Å²) in [6.07, 6.45) is -4.50. The number of carbonyl (C=O) groups excluding carboxylic acids is 2. The van der Waals surface area contributed by atoms with E-state index in [1.807, 2.05) is 30.3 Å². The highest BCUT2D eigenvalue weighted by Crippen LogP contribution is 2.33. The number of anilines is 1. The van der Waals surface area contributed by atoms with Crippen molar-refractivity contribution in [2.75, 3.05) is 11.4 Å². The van der Waals surface area contributed by atoms with E-state index in [2.05, 4.69) is 5.32 Å². The Labute approximate surface area is 148 Å². The number of rotatable bonds is 4. The second kappa shape index (κ2) is 7.19. The van der Waals surface area contributed by atoms with E-state index in [1.54, 1.807) is 0 Å². The fraction of sp³-hybridized carbons (Fsp3) is 0.263. The van der Waals surface area contributed by atoms with Crippen LogP contribution in [0.25, 0.3) is 0 Å². The molecule has 0 saturated carbocycles. The lowest BCUT2D eigenvalue weighted by molar-refractivity contribution is -0.137. The number of halogens is 3. The number of hydrogen-bond acceptors (Lipinski definition) is 2. The number of nitrogens with zero attached hydrogens (tertiary/aromatic N) is 1. The van der Waals surface area contributed by atoms with Crippen molar-refractivity contribution in [2.24, 2.45) is 5.92 Å². The van der Waals surface area contributed by atoms with Gasteiger partial charge in [0, 0.05) is 25.2 Å². The molecule has 0 aliphatic carbocycles. The minimum Gasteiger partial charge on any atom is -0.352 e. The van der Waals surface area contributed by atoms with Crippen molar-refractivity contribution in [2.45, 2.75) is 19.1 Å². The van der Waals surface area contributed by atoms with Gasteiger partial charge in [0.2, 0.25) is 11.8 Å². The van der Waals surface area contributed by atoms with Crippen LogP contribution in [0.15, 0.2) is 54.6 Å². The second-order valence-corrected chi connectivity index (χ2v) is 6.16. The van der Waals surface area contributed by atoms with E-state index in [0.29, 0.717) is 6.54 Å². The molecule has 4 nitrogen and oxygen atoms in total. The van der Waals surface area contributed by atoms with Gasteiger partial charge in [-0.05, 0) is 23.8 Å². The van der Waals surface area contributed by atoms with Crippen molar-refractivity contribution >= 4 is 17.5 Å². The molecule has 1 atom stereocenters. The van der Waals surface area contributed by atoms with E-state index in [1.165, 1.54) is 17.0 Å². The predicted octanol–water partition coefficient (Wildman–Crippen LogP) is 3.37. The fourth-order valence-corrected chi connectivity index (χ4v) is 2.91. The first-order chi connectivity index (χ1) is 12.3. The summed E-state index contributed by atoms with van der Waals surface area (Å²) in [6.45, 7) is 0.411. The van der Waals surface area contributed by atoms with E-state index in [0.717, 1.165) is 17.7 Å². The van der Waals surface area contributed by atoms with Gasteiger partial charge in [-0.15, -0.1) is 0 Å². The van der Waals surface area contributed by atoms with Gasteiger partial charge < -0.3 is 10.2 Å². The molecular weight excluding hydrogens is 345 g/mol. The Morgan fingerprint density at radius 1 is 1.12 bits per heavy atom. The third-order valence-electron chi connectivity index (χ3n) is 4.29. The predicted molar refractivity (Wildman–Crippen MR) is 90.2 cm³/mol. The minimum absolute atomic E-state index is 0.0170. The van der Waals surface area contributed by atoms with E-state index in [9.17, 15) is 22.8 Å². The summed E-state index contributed by atoms with van der Waals surface area (Å²) in [5.74, 6) is -1.22. The summed E-state index contributed by atoms with van der Waals surface area (Å²) in [4.78, 5) is 25.7. The lowest BCUT2D eigenvalue weighted by atomic mass is 10.1. The van der Waals surface area contributed by atoms with Crippen molar-refractivity contribution in [3.05, 3.63) is 65.7 Å². The van der Waals surface area contributed by atoms with E-state index in [4.69, 9.17) is 0 Å². The molecule has 2 aromatic carbocycles. The number of alkyl halides is 3. The maximum absolute atomic E-state index is 12.9. The molecule has 1 fully saturated rings. The van der Waals surface area contributed by atoms with Gasteiger partial charge >= 0.3 is 6.18 Å². The molecule has 2 aromatic rings. The van der Waals surface area contributed by atoms with Gasteiger partial charge in [0.05, 0.1) is 11.5 Å². The average molecular weight is 362 g/mol. The first-order valence-corrected chi connectivity index (χ1v) is 8.14. The Hall–Kier alpha value is -2.83. The van der Waals surface area contributed by atoms with Crippen LogP contribution in [0.4, 0.5) is 18.9 Å². The molecule has 0 bridgehead atoms. The highest BCUT2D eigenvalue weighted by Gasteiger charge is 2.36. The summed E-state index contributed by atoms with van der Waals surface area (Å²) in [5, 5.41) is 2.77. The Morgan fingerprint density at radius 3 is 2.54 bits per heavy atom. The number of amides is 2. The summed E-state index contributed by atoms with van der Waals surface area (Å²) >= 11 is 0. The lowest BCUT2D eigenvalue weighted by Crippen LogP contribution is -2.32. The summed E-state index contributed by atoms with van der Waals surface area (Å²) in [5.41, 5.74) is 0.267. The molecule has 26 heavy (non-hydrogen) atoms. The molecule has 0 unspecified atom stereocenters. The van der Waals surface area contributed by atoms with E-state index >= 15 is 0 Å². The zero-order chi connectivity index (χ0) is 18.7. The topological polar surface area (TPSA) is 49.4 Å². The van der Waals surface area contributed by atoms with E-state index in [-0.39, 0.29) is 30.5 Å². The van der Waals surface area contributed by atoms with Gasteiger partial charge in [0.15, 0.2) is 0 Å². The van der Waals surface area contributed by atoms with Crippen LogP contribution in [0.1, 0.15) is 17.5 Å². The number of benzene rings is 2. The number of hydrogen-bond donors (Lipinski definition) is 1. The number of carbonyl (C=O) groups is 2. The third-order valence-corrected chi connectivity index (χ3v) is 4.29. The molecule has 1 heterocycles. The van der Waals surface area contributed by atoms with Crippen molar-refractivity contribution < 1.29 is 22.8 Å². The smallest absolute Gasteiger partial charge is 0.352 e. The molecule has 136 valence electrons. The van der Waals surface area contributed by atoms with Crippen molar-refractivity contribution in [3.63, 3.8) is 0 Å². The van der Waals surface area contributed by atoms with Gasteiger partial charge in [0.25, 0.3) is 0 Å². The maximum Gasteiger partial charge on any atom is 0.416 e. The Bertz CT molecular complexity index is 806. The highest BCUT2D eigenvalue weighted by molar-refractivity contribution is 6.00. The summed E-state index contributed by atoms with van der Waals surface area (Å²) in [7, 11) is 0. The van der Waals surface area contributed by atoms with Gasteiger partial charge in [0.1, 0.15) is 0 Å². The van der Waals surface area contributed by atoms with Crippen molar-refractivity contribution in [3.8, 4) is 0 Å². The summed E-state index contributed by atoms with van der Waals surface area (Å²) in [6, 6.07) is 13.9. The molecule has 1 saturated heterocycles. The molecule has 3 rings (SSSR count). The standard InChI is InChI=1S/C19H17F3N2O2/c20-19(21,22)15-7-4-8-16(10-15)24-12-14(9-17(24)25)18(26)23-11-13-5-2-1-3-6-13/h1-8,10,14H,9,11-12H2,(H,23,26)/t14-/m1/s1. The molecule has 1 aliphatic rings. The van der Waals surface area contributed by atoms with Crippen molar-refractivity contribution in [1.29, 1.82) is 0 Å². The second-order valence-electron chi connectivity index (χ2n) is 6.16. The number of nitrogens with one attached hydrogen (secondary N) is 1. The van der Waals surface area contributed by atoms with Crippen LogP contribution in [0.5, 0.6) is 0 Å². The molecular formula is C19H17F3N2O2. The lowest BCUT2D eigenvalue weighted by Gasteiger charge is -2.18. The molecule has 7 heteroatoms. The van der Waals surface area contributed by atoms with Gasteiger partial charge in [-0.2, -0.15) is 13.2 Å². The van der Waals surface area contributed by atoms with E-state index < -0.39 is 17.7 Å². The largest absolute Gasteiger partial charge is 0.416 e. The zero-order valence-corrected chi connectivity index (χ0v) is 13.8. The zero-order valence-electron chi connectivity index (χ0n) is 13.8. The van der Waals surface area contributed by atoms with Gasteiger partial charge in [-0.3, -0.25) is 9.59 Å². The van der Waals surface area contributed by atoms with Crippen LogP contribution in [0.3, 0.4) is 0 Å². The SMILES string of the molecule is O=C(NCc1ccccc1)[C@@H]1CC(=O)N(c2cccc(C(F)(F)F)c2)C1. The fourth-order valence-electron chi connectivity index (χ4n) is 2.91. The Kier molecular flexibility index (Phi) is 4.97. The average Bonchev–Trinajstić information content (AvgIpc) is 3.02. The molecule has 0 radical (unpaired) electrons. The van der Waals surface area contributed by atoms with Crippen LogP contribution in [0, 0.1) is 5.92 Å². The minimum atomic E-state index is -4.48. The third kappa shape index (κ3) is 4.04. The molecule has 2 amide bonds. The molecule has 0 spiro atoms. The molecule has 0 aromatic heterocycles. The first kappa shape index (κ1) is 18.0. The Balaban J connectivity index is 1.66. The van der Waals surface area contributed by atoms with Gasteiger partial charge in [-0.1, -0.05) is 36.4 Å². The van der Waals surface area contributed by atoms with Crippen LogP contribution < -0.4 is 10.2 Å². The monoisotopic (exact) mass is 362 g/mol. The van der Waals surface area contributed by atoms with Crippen LogP contribution in [-0.4, -0.2) is 18.4 Å². The molecule has 1 N–H and O–H groups in total. The van der Waals surface area contributed by atoms with Crippen LogP contribution in [-0.2, 0) is 22.3 Å². The van der Waals surface area contributed by atoms with Crippen LogP contribution in [0.2, 0.25) is 0 Å².